The van der Waals surface area contributed by atoms with E-state index in [1.165, 1.54) is 13.2 Å². The highest BCUT2D eigenvalue weighted by molar-refractivity contribution is 9.10. The lowest BCUT2D eigenvalue weighted by Crippen LogP contribution is -2.09. The van der Waals surface area contributed by atoms with Crippen molar-refractivity contribution < 1.29 is 19.2 Å². The van der Waals surface area contributed by atoms with E-state index in [-0.39, 0.29) is 11.5 Å². The van der Waals surface area contributed by atoms with Crippen LogP contribution in [0.5, 0.6) is 11.5 Å². The highest BCUT2D eigenvalue weighted by atomic mass is 79.9. The first-order valence-electron chi connectivity index (χ1n) is 8.55. The van der Waals surface area contributed by atoms with Crippen molar-refractivity contribution in [2.75, 3.05) is 7.11 Å². The highest BCUT2D eigenvalue weighted by Crippen LogP contribution is 2.37. The summed E-state index contributed by atoms with van der Waals surface area (Å²) in [5.41, 5.74) is 2.95. The Hall–Kier alpha value is -3.45. The number of esters is 1. The molecular weight excluding hydrogens is 438 g/mol. The van der Waals surface area contributed by atoms with Crippen molar-refractivity contribution in [3.63, 3.8) is 0 Å². The number of nitro groups is 1. The van der Waals surface area contributed by atoms with Crippen molar-refractivity contribution in [2.45, 2.75) is 0 Å². The van der Waals surface area contributed by atoms with Crippen molar-refractivity contribution in [3.8, 4) is 22.6 Å². The minimum atomic E-state index is -0.562. The summed E-state index contributed by atoms with van der Waals surface area (Å²) < 4.78 is 11.2. The van der Waals surface area contributed by atoms with E-state index in [0.717, 1.165) is 17.3 Å². The minimum absolute atomic E-state index is 0.197. The van der Waals surface area contributed by atoms with Gasteiger partial charge in [0.25, 0.3) is 0 Å². The van der Waals surface area contributed by atoms with Gasteiger partial charge in [-0.3, -0.25) is 10.1 Å². The van der Waals surface area contributed by atoms with Gasteiger partial charge in [-0.25, -0.2) is 4.79 Å². The van der Waals surface area contributed by atoms with E-state index >= 15 is 0 Å². The molecule has 0 N–H and O–H groups in total. The maximum absolute atomic E-state index is 12.6. The number of nitrogens with zero attached hydrogens (tertiary/aromatic N) is 1. The first-order valence-corrected chi connectivity index (χ1v) is 9.34. The van der Waals surface area contributed by atoms with Crippen LogP contribution in [0, 0.1) is 10.1 Å². The molecule has 7 heteroatoms. The van der Waals surface area contributed by atoms with Gasteiger partial charge in [0.05, 0.1) is 22.1 Å². The van der Waals surface area contributed by atoms with Crippen LogP contribution in [0.4, 0.5) is 0 Å². The summed E-state index contributed by atoms with van der Waals surface area (Å²) >= 11 is 3.33. The number of hydrogen-bond acceptors (Lipinski definition) is 5. The lowest BCUT2D eigenvalue weighted by Gasteiger charge is -2.12. The van der Waals surface area contributed by atoms with Gasteiger partial charge in [-0.2, -0.15) is 0 Å². The molecule has 0 heterocycles. The molecule has 0 unspecified atom stereocenters. The Morgan fingerprint density at radius 3 is 2.31 bits per heavy atom. The molecular formula is C22H16BrNO5. The molecule has 0 aliphatic rings. The van der Waals surface area contributed by atoms with Crippen molar-refractivity contribution in [3.05, 3.63) is 98.6 Å². The number of benzene rings is 3. The van der Waals surface area contributed by atoms with E-state index in [9.17, 15) is 14.9 Å². The number of carbonyl (C=O) groups excluding carboxylic acids is 1. The molecule has 0 saturated heterocycles. The first-order chi connectivity index (χ1) is 14.0. The monoisotopic (exact) mass is 453 g/mol. The second-order valence-electron chi connectivity index (χ2n) is 5.97. The zero-order valence-corrected chi connectivity index (χ0v) is 17.0. The third-order valence-electron chi connectivity index (χ3n) is 4.06. The molecule has 29 heavy (non-hydrogen) atoms. The third kappa shape index (κ3) is 5.08. The minimum Gasteiger partial charge on any atom is -0.493 e. The summed E-state index contributed by atoms with van der Waals surface area (Å²) in [5, 5.41) is 10.5. The second-order valence-corrected chi connectivity index (χ2v) is 6.82. The van der Waals surface area contributed by atoms with Crippen LogP contribution < -0.4 is 9.47 Å². The van der Waals surface area contributed by atoms with Gasteiger partial charge in [0.15, 0.2) is 11.5 Å². The average molecular weight is 454 g/mol. The smallest absolute Gasteiger partial charge is 0.343 e. The molecule has 0 bridgehead atoms. The Kier molecular flexibility index (Phi) is 6.41. The number of carbonyl (C=O) groups is 1. The molecule has 0 spiro atoms. The van der Waals surface area contributed by atoms with Gasteiger partial charge >= 0.3 is 5.97 Å². The Morgan fingerprint density at radius 2 is 1.69 bits per heavy atom. The normalized spacial score (nSPS) is 10.7. The van der Waals surface area contributed by atoms with E-state index in [4.69, 9.17) is 9.47 Å². The van der Waals surface area contributed by atoms with E-state index < -0.39 is 10.9 Å². The summed E-state index contributed by atoms with van der Waals surface area (Å²) in [6.45, 7) is 0. The van der Waals surface area contributed by atoms with Crippen LogP contribution in [0.15, 0.2) is 77.4 Å². The summed E-state index contributed by atoms with van der Waals surface area (Å²) in [6, 6.07) is 20.1. The second kappa shape index (κ2) is 9.16. The lowest BCUT2D eigenvalue weighted by molar-refractivity contribution is -0.400. The molecule has 0 atom stereocenters. The number of ether oxygens (including phenoxy) is 2. The standard InChI is InChI=1S/C22H16BrNO5/c1-28-20-14-15(11-12-24(26)27)13-19(23)21(20)29-22(25)18-9-7-17(8-10-18)16-5-3-2-4-6-16/h2-14H,1H3/b12-11+. The number of halogens is 1. The highest BCUT2D eigenvalue weighted by Gasteiger charge is 2.17. The van der Waals surface area contributed by atoms with Gasteiger partial charge in [-0.1, -0.05) is 42.5 Å². The SMILES string of the molecule is COc1cc(/C=C/[N+](=O)[O-])cc(Br)c1OC(=O)c1ccc(-c2ccccc2)cc1. The molecule has 146 valence electrons. The molecule has 0 saturated carbocycles. The van der Waals surface area contributed by atoms with Crippen molar-refractivity contribution in [1.29, 1.82) is 0 Å². The topological polar surface area (TPSA) is 78.7 Å². The molecule has 0 fully saturated rings. The van der Waals surface area contributed by atoms with Gasteiger partial charge in [-0.05, 0) is 56.9 Å². The third-order valence-corrected chi connectivity index (χ3v) is 4.65. The molecule has 6 nitrogen and oxygen atoms in total. The molecule has 0 aromatic heterocycles. The van der Waals surface area contributed by atoms with Gasteiger partial charge in [0, 0.05) is 6.08 Å². The molecule has 0 radical (unpaired) electrons. The van der Waals surface area contributed by atoms with Crippen LogP contribution in [0.2, 0.25) is 0 Å². The lowest BCUT2D eigenvalue weighted by atomic mass is 10.0. The fourth-order valence-corrected chi connectivity index (χ4v) is 3.20. The quantitative estimate of drug-likeness (QED) is 0.210. The zero-order chi connectivity index (χ0) is 20.8. The van der Waals surface area contributed by atoms with Gasteiger partial charge < -0.3 is 9.47 Å². The van der Waals surface area contributed by atoms with Gasteiger partial charge in [0.2, 0.25) is 6.20 Å². The molecule has 0 aliphatic carbocycles. The number of methoxy groups -OCH3 is 1. The van der Waals surface area contributed by atoms with E-state index in [0.29, 0.717) is 15.6 Å². The maximum Gasteiger partial charge on any atom is 0.343 e. The van der Waals surface area contributed by atoms with Crippen molar-refractivity contribution >= 4 is 28.0 Å². The predicted molar refractivity (Wildman–Crippen MR) is 114 cm³/mol. The zero-order valence-electron chi connectivity index (χ0n) is 15.4. The summed E-state index contributed by atoms with van der Waals surface area (Å²) in [5.74, 6) is -0.0725. The largest absolute Gasteiger partial charge is 0.493 e. The molecule has 0 amide bonds. The first kappa shape index (κ1) is 20.3. The number of hydrogen-bond donors (Lipinski definition) is 0. The summed E-state index contributed by atoms with van der Waals surface area (Å²) in [6.07, 6.45) is 2.14. The Morgan fingerprint density at radius 1 is 1.03 bits per heavy atom. The predicted octanol–water partition coefficient (Wildman–Crippen LogP) is 5.59. The Bertz CT molecular complexity index is 1060. The summed E-state index contributed by atoms with van der Waals surface area (Å²) in [7, 11) is 1.43. The van der Waals surface area contributed by atoms with Crippen LogP contribution in [-0.2, 0) is 0 Å². The molecule has 3 rings (SSSR count). The average Bonchev–Trinajstić information content (AvgIpc) is 2.74. The van der Waals surface area contributed by atoms with Crippen LogP contribution in [0.25, 0.3) is 17.2 Å². The molecule has 0 aliphatic heterocycles. The Labute approximate surface area is 175 Å². The molecule has 3 aromatic rings. The van der Waals surface area contributed by atoms with Crippen molar-refractivity contribution in [2.24, 2.45) is 0 Å². The van der Waals surface area contributed by atoms with E-state index in [2.05, 4.69) is 15.9 Å². The van der Waals surface area contributed by atoms with Crippen LogP contribution >= 0.6 is 15.9 Å². The fraction of sp³-hybridized carbons (Fsp3) is 0.0455. The van der Waals surface area contributed by atoms with Crippen LogP contribution in [-0.4, -0.2) is 18.0 Å². The van der Waals surface area contributed by atoms with Gasteiger partial charge in [0.1, 0.15) is 0 Å². The maximum atomic E-state index is 12.6. The van der Waals surface area contributed by atoms with E-state index in [1.54, 1.807) is 24.3 Å². The fourth-order valence-electron chi connectivity index (χ4n) is 2.66. The van der Waals surface area contributed by atoms with Crippen molar-refractivity contribution in [1.82, 2.24) is 0 Å². The Balaban J connectivity index is 1.82. The van der Waals surface area contributed by atoms with Gasteiger partial charge in [-0.15, -0.1) is 0 Å². The number of rotatable bonds is 6. The van der Waals surface area contributed by atoms with Crippen LogP contribution in [0.3, 0.4) is 0 Å². The molecule has 3 aromatic carbocycles. The van der Waals surface area contributed by atoms with E-state index in [1.807, 2.05) is 42.5 Å². The summed E-state index contributed by atoms with van der Waals surface area (Å²) in [4.78, 5) is 22.5. The van der Waals surface area contributed by atoms with Crippen LogP contribution in [0.1, 0.15) is 15.9 Å².